The highest BCUT2D eigenvalue weighted by atomic mass is 16.6. The van der Waals surface area contributed by atoms with Crippen LogP contribution in [0.2, 0.25) is 0 Å². The summed E-state index contributed by atoms with van der Waals surface area (Å²) in [5, 5.41) is 2.76. The van der Waals surface area contributed by atoms with E-state index in [1.165, 1.54) is 0 Å². The molecule has 0 aromatic heterocycles. The van der Waals surface area contributed by atoms with E-state index in [4.69, 9.17) is 14.2 Å². The molecule has 0 bridgehead atoms. The molecule has 1 heterocycles. The lowest BCUT2D eigenvalue weighted by Gasteiger charge is -2.20. The van der Waals surface area contributed by atoms with Gasteiger partial charge in [-0.25, -0.2) is 4.79 Å². The Morgan fingerprint density at radius 3 is 2.69 bits per heavy atom. The fourth-order valence-corrected chi connectivity index (χ4v) is 2.98. The zero-order chi connectivity index (χ0) is 18.8. The summed E-state index contributed by atoms with van der Waals surface area (Å²) in [5.41, 5.74) is 0.934. The number of esters is 1. The van der Waals surface area contributed by atoms with Gasteiger partial charge in [-0.3, -0.25) is 4.79 Å². The van der Waals surface area contributed by atoms with Crippen LogP contribution >= 0.6 is 0 Å². The van der Waals surface area contributed by atoms with E-state index < -0.39 is 6.09 Å². The summed E-state index contributed by atoms with van der Waals surface area (Å²) in [6.07, 6.45) is 1.26. The first-order chi connectivity index (χ1) is 12.5. The maximum absolute atomic E-state index is 12.1. The van der Waals surface area contributed by atoms with Gasteiger partial charge in [0.1, 0.15) is 12.7 Å². The number of amides is 1. The van der Waals surface area contributed by atoms with Crippen molar-refractivity contribution < 1.29 is 23.8 Å². The van der Waals surface area contributed by atoms with Crippen LogP contribution in [-0.4, -0.2) is 37.9 Å². The monoisotopic (exact) mass is 363 g/mol. The van der Waals surface area contributed by atoms with Gasteiger partial charge in [-0.2, -0.15) is 0 Å². The van der Waals surface area contributed by atoms with E-state index in [1.807, 2.05) is 30.3 Å². The molecule has 1 amide bonds. The number of hydrogen-bond acceptors (Lipinski definition) is 5. The molecule has 0 aliphatic carbocycles. The molecule has 1 aliphatic heterocycles. The van der Waals surface area contributed by atoms with Crippen molar-refractivity contribution in [3.63, 3.8) is 0 Å². The molecule has 1 unspecified atom stereocenters. The Balaban J connectivity index is 1.73. The quantitative estimate of drug-likeness (QED) is 0.682. The molecular weight excluding hydrogens is 334 g/mol. The normalized spacial score (nSPS) is 17.7. The van der Waals surface area contributed by atoms with E-state index in [0.29, 0.717) is 25.7 Å². The fourth-order valence-electron chi connectivity index (χ4n) is 2.98. The summed E-state index contributed by atoms with van der Waals surface area (Å²) in [6.45, 7) is 5.92. The summed E-state index contributed by atoms with van der Waals surface area (Å²) in [6, 6.07) is 9.51. The van der Waals surface area contributed by atoms with Gasteiger partial charge in [0.2, 0.25) is 0 Å². The van der Waals surface area contributed by atoms with Crippen molar-refractivity contribution in [1.29, 1.82) is 0 Å². The third-order valence-electron chi connectivity index (χ3n) is 4.19. The van der Waals surface area contributed by atoms with Crippen LogP contribution in [0.1, 0.15) is 38.7 Å². The van der Waals surface area contributed by atoms with E-state index in [0.717, 1.165) is 18.4 Å². The van der Waals surface area contributed by atoms with Gasteiger partial charge < -0.3 is 19.5 Å². The SMILES string of the molecule is CC(C)C[C@H](CNC(=O)OCc1ccccc1)CC(=O)OC1CCOC1. The van der Waals surface area contributed by atoms with Crippen molar-refractivity contribution in [2.45, 2.75) is 45.8 Å². The molecule has 0 spiro atoms. The number of benzene rings is 1. The summed E-state index contributed by atoms with van der Waals surface area (Å²) in [7, 11) is 0. The van der Waals surface area contributed by atoms with E-state index in [-0.39, 0.29) is 31.0 Å². The summed E-state index contributed by atoms with van der Waals surface area (Å²) >= 11 is 0. The van der Waals surface area contributed by atoms with Crippen LogP contribution in [0.3, 0.4) is 0 Å². The Kier molecular flexibility index (Phi) is 8.41. The third kappa shape index (κ3) is 7.87. The molecule has 2 atom stereocenters. The maximum atomic E-state index is 12.1. The minimum atomic E-state index is -0.472. The minimum absolute atomic E-state index is 0.0223. The number of alkyl carbamates (subject to hydrolysis) is 1. The van der Waals surface area contributed by atoms with Crippen molar-refractivity contribution in [2.24, 2.45) is 11.8 Å². The summed E-state index contributed by atoms with van der Waals surface area (Å²) in [4.78, 5) is 24.0. The maximum Gasteiger partial charge on any atom is 0.407 e. The predicted octanol–water partition coefficient (Wildman–Crippen LogP) is 3.30. The van der Waals surface area contributed by atoms with Crippen molar-refractivity contribution in [1.82, 2.24) is 5.32 Å². The average molecular weight is 363 g/mol. The second-order valence-electron chi connectivity index (χ2n) is 7.12. The Morgan fingerprint density at radius 1 is 1.27 bits per heavy atom. The van der Waals surface area contributed by atoms with Gasteiger partial charge in [-0.05, 0) is 23.8 Å². The van der Waals surface area contributed by atoms with Gasteiger partial charge in [-0.15, -0.1) is 0 Å². The lowest BCUT2D eigenvalue weighted by atomic mass is 9.94. The van der Waals surface area contributed by atoms with E-state index in [9.17, 15) is 9.59 Å². The molecule has 144 valence electrons. The molecule has 1 saturated heterocycles. The molecule has 1 fully saturated rings. The van der Waals surface area contributed by atoms with Crippen LogP contribution in [0.5, 0.6) is 0 Å². The first kappa shape index (κ1) is 20.2. The van der Waals surface area contributed by atoms with Crippen LogP contribution < -0.4 is 5.32 Å². The molecule has 0 saturated carbocycles. The van der Waals surface area contributed by atoms with Crippen LogP contribution in [0, 0.1) is 11.8 Å². The van der Waals surface area contributed by atoms with Gasteiger partial charge in [0.25, 0.3) is 0 Å². The molecule has 6 heteroatoms. The second kappa shape index (κ2) is 10.8. The largest absolute Gasteiger partial charge is 0.460 e. The molecule has 6 nitrogen and oxygen atoms in total. The zero-order valence-corrected chi connectivity index (χ0v) is 15.6. The first-order valence-corrected chi connectivity index (χ1v) is 9.24. The molecule has 0 radical (unpaired) electrons. The molecule has 26 heavy (non-hydrogen) atoms. The number of carbonyl (C=O) groups excluding carboxylic acids is 2. The molecule has 1 aliphatic rings. The Labute approximate surface area is 155 Å². The van der Waals surface area contributed by atoms with E-state index in [2.05, 4.69) is 19.2 Å². The van der Waals surface area contributed by atoms with Crippen LogP contribution in [0.15, 0.2) is 30.3 Å². The Hall–Kier alpha value is -2.08. The second-order valence-corrected chi connectivity index (χ2v) is 7.12. The number of nitrogens with one attached hydrogen (secondary N) is 1. The Bertz CT molecular complexity index is 555. The predicted molar refractivity (Wildman–Crippen MR) is 97.5 cm³/mol. The molecule has 1 N–H and O–H groups in total. The third-order valence-corrected chi connectivity index (χ3v) is 4.19. The van der Waals surface area contributed by atoms with Gasteiger partial charge in [-0.1, -0.05) is 44.2 Å². The molecule has 1 aromatic carbocycles. The number of hydrogen-bond donors (Lipinski definition) is 1. The van der Waals surface area contributed by atoms with Crippen molar-refractivity contribution in [2.75, 3.05) is 19.8 Å². The van der Waals surface area contributed by atoms with E-state index in [1.54, 1.807) is 0 Å². The first-order valence-electron chi connectivity index (χ1n) is 9.24. The number of ether oxygens (including phenoxy) is 3. The van der Waals surface area contributed by atoms with Gasteiger partial charge >= 0.3 is 12.1 Å². The highest BCUT2D eigenvalue weighted by Crippen LogP contribution is 2.17. The van der Waals surface area contributed by atoms with Crippen molar-refractivity contribution in [3.8, 4) is 0 Å². The van der Waals surface area contributed by atoms with Crippen molar-refractivity contribution >= 4 is 12.1 Å². The Morgan fingerprint density at radius 2 is 2.04 bits per heavy atom. The molecule has 2 rings (SSSR count). The summed E-state index contributed by atoms with van der Waals surface area (Å²) in [5.74, 6) is 0.212. The lowest BCUT2D eigenvalue weighted by Crippen LogP contribution is -2.32. The smallest absolute Gasteiger partial charge is 0.407 e. The van der Waals surface area contributed by atoms with Crippen LogP contribution in [-0.2, 0) is 25.6 Å². The zero-order valence-electron chi connectivity index (χ0n) is 15.6. The number of carbonyl (C=O) groups is 2. The van der Waals surface area contributed by atoms with Crippen LogP contribution in [0.4, 0.5) is 4.79 Å². The van der Waals surface area contributed by atoms with Gasteiger partial charge in [0, 0.05) is 13.0 Å². The van der Waals surface area contributed by atoms with E-state index >= 15 is 0 Å². The highest BCUT2D eigenvalue weighted by molar-refractivity contribution is 5.70. The average Bonchev–Trinajstić information content (AvgIpc) is 3.11. The fraction of sp³-hybridized carbons (Fsp3) is 0.600. The highest BCUT2D eigenvalue weighted by Gasteiger charge is 2.23. The summed E-state index contributed by atoms with van der Waals surface area (Å²) < 4.78 is 15.9. The lowest BCUT2D eigenvalue weighted by molar-refractivity contribution is -0.150. The molecular formula is C20H29NO5. The van der Waals surface area contributed by atoms with Gasteiger partial charge in [0.15, 0.2) is 0 Å². The topological polar surface area (TPSA) is 73.9 Å². The van der Waals surface area contributed by atoms with Gasteiger partial charge in [0.05, 0.1) is 19.6 Å². The van der Waals surface area contributed by atoms with Crippen LogP contribution in [0.25, 0.3) is 0 Å². The molecule has 1 aromatic rings. The minimum Gasteiger partial charge on any atom is -0.460 e. The van der Waals surface area contributed by atoms with Crippen molar-refractivity contribution in [3.05, 3.63) is 35.9 Å². The standard InChI is InChI=1S/C20H29NO5/c1-15(2)10-17(11-19(22)26-18-8-9-24-14-18)12-21-20(23)25-13-16-6-4-3-5-7-16/h3-7,15,17-18H,8-14H2,1-2H3,(H,21,23)/t17-,18?/m0/s1. The number of rotatable bonds is 9.